The highest BCUT2D eigenvalue weighted by molar-refractivity contribution is 6.03. The molecule has 0 radical (unpaired) electrons. The third-order valence-corrected chi connectivity index (χ3v) is 5.19. The quantitative estimate of drug-likeness (QED) is 0.428. The lowest BCUT2D eigenvalue weighted by molar-refractivity contribution is -0.137. The van der Waals surface area contributed by atoms with Crippen LogP contribution >= 0.6 is 0 Å². The number of pyridine rings is 1. The van der Waals surface area contributed by atoms with Gasteiger partial charge in [0.1, 0.15) is 6.61 Å². The van der Waals surface area contributed by atoms with Crippen molar-refractivity contribution in [1.82, 2.24) is 19.9 Å². The summed E-state index contributed by atoms with van der Waals surface area (Å²) < 4.78 is 43.6. The maximum absolute atomic E-state index is 13.2. The van der Waals surface area contributed by atoms with Crippen molar-refractivity contribution in [3.63, 3.8) is 0 Å². The average Bonchev–Trinajstić information content (AvgIpc) is 2.81. The molecule has 1 aromatic carbocycles. The monoisotopic (exact) mass is 458 g/mol. The Hall–Kier alpha value is -3.33. The SMILES string of the molecule is CCN(CC(=O)c1cc(C)ccc1-c1ncccn1)[C@@H](C)COc1ccc(C(F)(F)F)cn1. The van der Waals surface area contributed by atoms with E-state index in [0.29, 0.717) is 23.5 Å². The summed E-state index contributed by atoms with van der Waals surface area (Å²) in [6.45, 7) is 6.62. The van der Waals surface area contributed by atoms with E-state index in [4.69, 9.17) is 4.74 Å². The first-order valence-electron chi connectivity index (χ1n) is 10.5. The predicted molar refractivity (Wildman–Crippen MR) is 118 cm³/mol. The van der Waals surface area contributed by atoms with Gasteiger partial charge >= 0.3 is 6.18 Å². The molecule has 2 aromatic heterocycles. The van der Waals surface area contributed by atoms with Crippen LogP contribution in [-0.2, 0) is 6.18 Å². The Morgan fingerprint density at radius 3 is 2.45 bits per heavy atom. The van der Waals surface area contributed by atoms with Gasteiger partial charge in [-0.05, 0) is 38.6 Å². The number of benzene rings is 1. The van der Waals surface area contributed by atoms with Crippen LogP contribution in [-0.4, -0.2) is 51.4 Å². The zero-order valence-corrected chi connectivity index (χ0v) is 18.6. The van der Waals surface area contributed by atoms with Gasteiger partial charge in [0.05, 0.1) is 12.1 Å². The number of carbonyl (C=O) groups excluding carboxylic acids is 1. The number of alkyl halides is 3. The van der Waals surface area contributed by atoms with Gasteiger partial charge in [0, 0.05) is 41.8 Å². The van der Waals surface area contributed by atoms with Crippen LogP contribution < -0.4 is 4.74 Å². The number of ketones is 1. The Balaban J connectivity index is 1.68. The van der Waals surface area contributed by atoms with Crippen molar-refractivity contribution in [3.05, 3.63) is 71.7 Å². The fraction of sp³-hybridized carbons (Fsp3) is 0.333. The van der Waals surface area contributed by atoms with E-state index in [1.807, 2.05) is 43.9 Å². The number of rotatable bonds is 9. The van der Waals surface area contributed by atoms with E-state index in [1.165, 1.54) is 6.07 Å². The van der Waals surface area contributed by atoms with E-state index in [1.54, 1.807) is 18.5 Å². The van der Waals surface area contributed by atoms with Crippen LogP contribution in [0.1, 0.15) is 35.3 Å². The molecule has 3 aromatic rings. The summed E-state index contributed by atoms with van der Waals surface area (Å²) in [5, 5.41) is 0. The van der Waals surface area contributed by atoms with Gasteiger partial charge in [-0.3, -0.25) is 9.69 Å². The van der Waals surface area contributed by atoms with Crippen molar-refractivity contribution in [2.24, 2.45) is 0 Å². The molecule has 0 spiro atoms. The molecule has 0 fully saturated rings. The number of aryl methyl sites for hydroxylation is 1. The molecule has 3 rings (SSSR count). The first kappa shape index (κ1) is 24.3. The molecule has 2 heterocycles. The minimum Gasteiger partial charge on any atom is -0.476 e. The Kier molecular flexibility index (Phi) is 7.75. The molecular weight excluding hydrogens is 433 g/mol. The second-order valence-electron chi connectivity index (χ2n) is 7.65. The first-order valence-corrected chi connectivity index (χ1v) is 10.5. The van der Waals surface area contributed by atoms with Crippen molar-refractivity contribution in [3.8, 4) is 17.3 Å². The van der Waals surface area contributed by atoms with E-state index in [-0.39, 0.29) is 30.9 Å². The lowest BCUT2D eigenvalue weighted by Gasteiger charge is -2.27. The van der Waals surface area contributed by atoms with Gasteiger partial charge in [-0.15, -0.1) is 0 Å². The maximum atomic E-state index is 13.2. The zero-order valence-electron chi connectivity index (χ0n) is 18.6. The van der Waals surface area contributed by atoms with Crippen molar-refractivity contribution in [2.45, 2.75) is 33.0 Å². The standard InChI is InChI=1S/C24H25F3N4O2/c1-4-31(17(3)15-33-22-9-7-18(13-30-22)24(25,26)27)14-21(32)20-12-16(2)6-8-19(20)23-28-10-5-11-29-23/h5-13,17H,4,14-15H2,1-3H3/t17-/m0/s1. The molecule has 0 aliphatic heterocycles. The van der Waals surface area contributed by atoms with Gasteiger partial charge < -0.3 is 4.74 Å². The van der Waals surface area contributed by atoms with Crippen LogP contribution in [0.3, 0.4) is 0 Å². The fourth-order valence-electron chi connectivity index (χ4n) is 3.32. The minimum atomic E-state index is -4.45. The molecule has 1 atom stereocenters. The number of nitrogens with zero attached hydrogens (tertiary/aromatic N) is 4. The molecule has 0 saturated heterocycles. The second-order valence-corrected chi connectivity index (χ2v) is 7.65. The Morgan fingerprint density at radius 2 is 1.85 bits per heavy atom. The van der Waals surface area contributed by atoms with Gasteiger partial charge in [-0.2, -0.15) is 13.2 Å². The summed E-state index contributed by atoms with van der Waals surface area (Å²) in [5.41, 5.74) is 1.32. The van der Waals surface area contributed by atoms with E-state index >= 15 is 0 Å². The summed E-state index contributed by atoms with van der Waals surface area (Å²) in [4.78, 5) is 27.4. The highest BCUT2D eigenvalue weighted by Crippen LogP contribution is 2.29. The molecule has 0 aliphatic carbocycles. The molecule has 0 bridgehead atoms. The highest BCUT2D eigenvalue weighted by Gasteiger charge is 2.30. The second kappa shape index (κ2) is 10.5. The Bertz CT molecular complexity index is 1070. The van der Waals surface area contributed by atoms with Crippen molar-refractivity contribution in [1.29, 1.82) is 0 Å². The Labute approximate surface area is 190 Å². The maximum Gasteiger partial charge on any atom is 0.417 e. The van der Waals surface area contributed by atoms with E-state index in [0.717, 1.165) is 17.8 Å². The van der Waals surface area contributed by atoms with Crippen LogP contribution in [0.5, 0.6) is 5.88 Å². The van der Waals surface area contributed by atoms with Gasteiger partial charge in [-0.1, -0.05) is 24.6 Å². The predicted octanol–water partition coefficient (Wildman–Crippen LogP) is 4.84. The highest BCUT2D eigenvalue weighted by atomic mass is 19.4. The summed E-state index contributed by atoms with van der Waals surface area (Å²) in [6.07, 6.45) is -0.448. The molecule has 33 heavy (non-hydrogen) atoms. The molecule has 6 nitrogen and oxygen atoms in total. The number of aromatic nitrogens is 3. The van der Waals surface area contributed by atoms with E-state index in [2.05, 4.69) is 15.0 Å². The van der Waals surface area contributed by atoms with Gasteiger partial charge in [-0.25, -0.2) is 15.0 Å². The topological polar surface area (TPSA) is 68.2 Å². The summed E-state index contributed by atoms with van der Waals surface area (Å²) >= 11 is 0. The number of hydrogen-bond acceptors (Lipinski definition) is 6. The van der Waals surface area contributed by atoms with Crippen molar-refractivity contribution in [2.75, 3.05) is 19.7 Å². The molecule has 0 saturated carbocycles. The summed E-state index contributed by atoms with van der Waals surface area (Å²) in [5.74, 6) is 0.496. The summed E-state index contributed by atoms with van der Waals surface area (Å²) in [6, 6.07) is 9.24. The minimum absolute atomic E-state index is 0.0810. The number of halogens is 3. The molecular formula is C24H25F3N4O2. The van der Waals surface area contributed by atoms with Crippen molar-refractivity contribution >= 4 is 5.78 Å². The molecule has 9 heteroatoms. The fourth-order valence-corrected chi connectivity index (χ4v) is 3.32. The smallest absolute Gasteiger partial charge is 0.417 e. The molecule has 174 valence electrons. The molecule has 0 N–H and O–H groups in total. The van der Waals surface area contributed by atoms with Crippen molar-refractivity contribution < 1.29 is 22.7 Å². The number of ether oxygens (including phenoxy) is 1. The zero-order chi connectivity index (χ0) is 24.0. The van der Waals surface area contributed by atoms with Crippen LogP contribution in [0.2, 0.25) is 0 Å². The first-order chi connectivity index (χ1) is 15.7. The van der Waals surface area contributed by atoms with Gasteiger partial charge in [0.2, 0.25) is 5.88 Å². The number of likely N-dealkylation sites (N-methyl/N-ethyl adjacent to an activating group) is 1. The third kappa shape index (κ3) is 6.35. The number of Topliss-reactive ketones (excluding diaryl/α,β-unsaturated/α-hetero) is 1. The van der Waals surface area contributed by atoms with Crippen LogP contribution in [0.15, 0.2) is 55.0 Å². The largest absolute Gasteiger partial charge is 0.476 e. The van der Waals surface area contributed by atoms with Crippen LogP contribution in [0.4, 0.5) is 13.2 Å². The number of carbonyl (C=O) groups is 1. The normalized spacial score (nSPS) is 12.6. The lowest BCUT2D eigenvalue weighted by Crippen LogP contribution is -2.40. The average molecular weight is 458 g/mol. The number of hydrogen-bond donors (Lipinski definition) is 0. The van der Waals surface area contributed by atoms with Gasteiger partial charge in [0.25, 0.3) is 0 Å². The summed E-state index contributed by atoms with van der Waals surface area (Å²) in [7, 11) is 0. The lowest BCUT2D eigenvalue weighted by atomic mass is 9.99. The third-order valence-electron chi connectivity index (χ3n) is 5.19. The van der Waals surface area contributed by atoms with Crippen LogP contribution in [0, 0.1) is 6.92 Å². The van der Waals surface area contributed by atoms with Crippen LogP contribution in [0.25, 0.3) is 11.4 Å². The Morgan fingerprint density at radius 1 is 1.12 bits per heavy atom. The molecule has 0 unspecified atom stereocenters. The van der Waals surface area contributed by atoms with E-state index in [9.17, 15) is 18.0 Å². The van der Waals surface area contributed by atoms with E-state index < -0.39 is 11.7 Å². The van der Waals surface area contributed by atoms with Gasteiger partial charge in [0.15, 0.2) is 11.6 Å². The molecule has 0 aliphatic rings. The molecule has 0 amide bonds.